The van der Waals surface area contributed by atoms with Gasteiger partial charge in [0.1, 0.15) is 6.61 Å². The van der Waals surface area contributed by atoms with Crippen LogP contribution in [0.1, 0.15) is 26.3 Å². The zero-order valence-corrected chi connectivity index (χ0v) is 17.7. The SMILES string of the molecule is COCCNC(=O)c1ccc(NC(=O)c2ccnc(OCc3ccccc3)c2)cc1Cl. The molecule has 0 aliphatic rings. The van der Waals surface area contributed by atoms with E-state index in [1.54, 1.807) is 31.4 Å². The fraction of sp³-hybridized carbons (Fsp3) is 0.174. The van der Waals surface area contributed by atoms with Crippen molar-refractivity contribution in [1.82, 2.24) is 10.3 Å². The number of carbonyl (C=O) groups is 2. The molecule has 2 aromatic carbocycles. The summed E-state index contributed by atoms with van der Waals surface area (Å²) >= 11 is 6.22. The highest BCUT2D eigenvalue weighted by Gasteiger charge is 2.13. The summed E-state index contributed by atoms with van der Waals surface area (Å²) in [5, 5.41) is 5.69. The number of rotatable bonds is 9. The molecule has 8 heteroatoms. The maximum Gasteiger partial charge on any atom is 0.255 e. The predicted molar refractivity (Wildman–Crippen MR) is 119 cm³/mol. The van der Waals surface area contributed by atoms with E-state index in [0.717, 1.165) is 5.56 Å². The smallest absolute Gasteiger partial charge is 0.255 e. The molecule has 31 heavy (non-hydrogen) atoms. The molecule has 0 spiro atoms. The van der Waals surface area contributed by atoms with Gasteiger partial charge in [-0.3, -0.25) is 9.59 Å². The summed E-state index contributed by atoms with van der Waals surface area (Å²) in [6.45, 7) is 1.13. The van der Waals surface area contributed by atoms with Gasteiger partial charge in [-0.05, 0) is 29.8 Å². The second kappa shape index (κ2) is 11.1. The molecule has 0 saturated heterocycles. The first-order valence-corrected chi connectivity index (χ1v) is 9.95. The third-order valence-electron chi connectivity index (χ3n) is 4.29. The summed E-state index contributed by atoms with van der Waals surface area (Å²) in [4.78, 5) is 28.9. The molecule has 0 fully saturated rings. The predicted octanol–water partition coefficient (Wildman–Crippen LogP) is 3.94. The number of aromatic nitrogens is 1. The highest BCUT2D eigenvalue weighted by molar-refractivity contribution is 6.34. The first-order valence-electron chi connectivity index (χ1n) is 9.57. The summed E-state index contributed by atoms with van der Waals surface area (Å²) in [6.07, 6.45) is 1.51. The number of pyridine rings is 1. The standard InChI is InChI=1S/C23H22ClN3O4/c1-30-12-11-26-23(29)19-8-7-18(14-20(19)24)27-22(28)17-9-10-25-21(13-17)31-15-16-5-3-2-4-6-16/h2-10,13-14H,11-12,15H2,1H3,(H,26,29)(H,27,28). The number of ether oxygens (including phenoxy) is 2. The number of anilines is 1. The fourth-order valence-electron chi connectivity index (χ4n) is 2.70. The highest BCUT2D eigenvalue weighted by atomic mass is 35.5. The molecule has 1 heterocycles. The van der Waals surface area contributed by atoms with E-state index in [9.17, 15) is 9.59 Å². The van der Waals surface area contributed by atoms with Gasteiger partial charge in [0.2, 0.25) is 5.88 Å². The Morgan fingerprint density at radius 3 is 2.58 bits per heavy atom. The molecule has 160 valence electrons. The van der Waals surface area contributed by atoms with Crippen molar-refractivity contribution in [1.29, 1.82) is 0 Å². The molecule has 0 saturated carbocycles. The van der Waals surface area contributed by atoms with Crippen LogP contribution in [0.4, 0.5) is 5.69 Å². The van der Waals surface area contributed by atoms with Crippen molar-refractivity contribution in [3.63, 3.8) is 0 Å². The molecule has 0 atom stereocenters. The minimum atomic E-state index is -0.347. The quantitative estimate of drug-likeness (QED) is 0.493. The number of hydrogen-bond acceptors (Lipinski definition) is 5. The van der Waals surface area contributed by atoms with Crippen LogP contribution in [-0.4, -0.2) is 37.1 Å². The van der Waals surface area contributed by atoms with Gasteiger partial charge in [-0.25, -0.2) is 4.98 Å². The Labute approximate surface area is 185 Å². The van der Waals surface area contributed by atoms with Gasteiger partial charge in [-0.1, -0.05) is 41.9 Å². The Balaban J connectivity index is 1.62. The van der Waals surface area contributed by atoms with Gasteiger partial charge in [0.15, 0.2) is 0 Å². The number of methoxy groups -OCH3 is 1. The van der Waals surface area contributed by atoms with E-state index < -0.39 is 0 Å². The molecule has 2 N–H and O–H groups in total. The Bertz CT molecular complexity index is 1040. The van der Waals surface area contributed by atoms with E-state index in [-0.39, 0.29) is 16.8 Å². The molecule has 3 aromatic rings. The highest BCUT2D eigenvalue weighted by Crippen LogP contribution is 2.22. The van der Waals surface area contributed by atoms with Crippen molar-refractivity contribution in [2.45, 2.75) is 6.61 Å². The van der Waals surface area contributed by atoms with Crippen molar-refractivity contribution in [3.8, 4) is 5.88 Å². The van der Waals surface area contributed by atoms with Crippen molar-refractivity contribution in [3.05, 3.63) is 88.6 Å². The van der Waals surface area contributed by atoms with Crippen LogP contribution in [0.5, 0.6) is 5.88 Å². The second-order valence-corrected chi connectivity index (χ2v) is 6.96. The molecule has 0 bridgehead atoms. The third-order valence-corrected chi connectivity index (χ3v) is 4.60. The topological polar surface area (TPSA) is 89.6 Å². The lowest BCUT2D eigenvalue weighted by atomic mass is 10.1. The normalized spacial score (nSPS) is 10.4. The molecule has 0 aliphatic heterocycles. The number of halogens is 1. The summed E-state index contributed by atoms with van der Waals surface area (Å²) in [7, 11) is 1.55. The van der Waals surface area contributed by atoms with Crippen LogP contribution >= 0.6 is 11.6 Å². The molecule has 7 nitrogen and oxygen atoms in total. The fourth-order valence-corrected chi connectivity index (χ4v) is 2.97. The molecule has 2 amide bonds. The molecule has 0 unspecified atom stereocenters. The lowest BCUT2D eigenvalue weighted by molar-refractivity contribution is 0.0937. The molecular formula is C23H22ClN3O4. The van der Waals surface area contributed by atoms with E-state index in [1.807, 2.05) is 30.3 Å². The third kappa shape index (κ3) is 6.53. The second-order valence-electron chi connectivity index (χ2n) is 6.55. The van der Waals surface area contributed by atoms with Gasteiger partial charge in [0, 0.05) is 37.2 Å². The van der Waals surface area contributed by atoms with Crippen LogP contribution in [-0.2, 0) is 11.3 Å². The van der Waals surface area contributed by atoms with Crippen molar-refractivity contribution in [2.75, 3.05) is 25.6 Å². The average molecular weight is 440 g/mol. The Morgan fingerprint density at radius 2 is 1.84 bits per heavy atom. The number of benzene rings is 2. The van der Waals surface area contributed by atoms with Crippen LogP contribution in [0, 0.1) is 0 Å². The molecule has 0 radical (unpaired) electrons. The number of nitrogens with one attached hydrogen (secondary N) is 2. The van der Waals surface area contributed by atoms with Gasteiger partial charge >= 0.3 is 0 Å². The van der Waals surface area contributed by atoms with Crippen LogP contribution in [0.3, 0.4) is 0 Å². The van der Waals surface area contributed by atoms with Crippen LogP contribution in [0.15, 0.2) is 66.9 Å². The number of nitrogens with zero attached hydrogens (tertiary/aromatic N) is 1. The monoisotopic (exact) mass is 439 g/mol. The average Bonchev–Trinajstić information content (AvgIpc) is 2.79. The minimum Gasteiger partial charge on any atom is -0.473 e. The van der Waals surface area contributed by atoms with Crippen LogP contribution < -0.4 is 15.4 Å². The van der Waals surface area contributed by atoms with E-state index in [4.69, 9.17) is 21.1 Å². The van der Waals surface area contributed by atoms with Crippen molar-refractivity contribution in [2.24, 2.45) is 0 Å². The lowest BCUT2D eigenvalue weighted by Gasteiger charge is -2.10. The van der Waals surface area contributed by atoms with Gasteiger partial charge in [0.05, 0.1) is 17.2 Å². The Kier molecular flexibility index (Phi) is 7.98. The Hall–Kier alpha value is -3.42. The van der Waals surface area contributed by atoms with Crippen molar-refractivity contribution < 1.29 is 19.1 Å². The maximum absolute atomic E-state index is 12.6. The number of carbonyl (C=O) groups excluding carboxylic acids is 2. The van der Waals surface area contributed by atoms with E-state index in [0.29, 0.717) is 42.5 Å². The van der Waals surface area contributed by atoms with Crippen molar-refractivity contribution >= 4 is 29.1 Å². The van der Waals surface area contributed by atoms with Gasteiger partial charge in [-0.15, -0.1) is 0 Å². The van der Waals surface area contributed by atoms with Crippen LogP contribution in [0.2, 0.25) is 5.02 Å². The largest absolute Gasteiger partial charge is 0.473 e. The van der Waals surface area contributed by atoms with E-state index in [2.05, 4.69) is 15.6 Å². The Morgan fingerprint density at radius 1 is 1.03 bits per heavy atom. The molecule has 1 aromatic heterocycles. The maximum atomic E-state index is 12.6. The molecule has 0 aliphatic carbocycles. The zero-order valence-electron chi connectivity index (χ0n) is 16.9. The summed E-state index contributed by atoms with van der Waals surface area (Å²) in [5.41, 5.74) is 2.17. The first-order chi connectivity index (χ1) is 15.1. The van der Waals surface area contributed by atoms with Crippen LogP contribution in [0.25, 0.3) is 0 Å². The minimum absolute atomic E-state index is 0.231. The molecule has 3 rings (SSSR count). The summed E-state index contributed by atoms with van der Waals surface area (Å²) < 4.78 is 10.6. The molecular weight excluding hydrogens is 418 g/mol. The number of hydrogen-bond donors (Lipinski definition) is 2. The zero-order chi connectivity index (χ0) is 22.1. The summed E-state index contributed by atoms with van der Waals surface area (Å²) in [5.74, 6) is -0.313. The van der Waals surface area contributed by atoms with Gasteiger partial charge < -0.3 is 20.1 Å². The van der Waals surface area contributed by atoms with E-state index in [1.165, 1.54) is 12.3 Å². The first kappa shape index (κ1) is 22.3. The van der Waals surface area contributed by atoms with Gasteiger partial charge in [0.25, 0.3) is 11.8 Å². The number of amides is 2. The lowest BCUT2D eigenvalue weighted by Crippen LogP contribution is -2.27. The summed E-state index contributed by atoms with van der Waals surface area (Å²) in [6, 6.07) is 17.5. The van der Waals surface area contributed by atoms with E-state index >= 15 is 0 Å². The van der Waals surface area contributed by atoms with Gasteiger partial charge in [-0.2, -0.15) is 0 Å².